The Labute approximate surface area is 132 Å². The van der Waals surface area contributed by atoms with Crippen molar-refractivity contribution in [1.29, 1.82) is 0 Å². The minimum absolute atomic E-state index is 0.0701. The molecule has 1 aliphatic heterocycles. The first-order valence-corrected chi connectivity index (χ1v) is 8.16. The Balaban J connectivity index is 1.68. The molecule has 114 valence electrons. The highest BCUT2D eigenvalue weighted by Gasteiger charge is 2.20. The second-order valence-corrected chi connectivity index (χ2v) is 6.22. The van der Waals surface area contributed by atoms with Crippen molar-refractivity contribution in [1.82, 2.24) is 4.90 Å². The van der Waals surface area contributed by atoms with Gasteiger partial charge in [-0.25, -0.2) is 0 Å². The molecular formula is C20H23NO. The summed E-state index contributed by atoms with van der Waals surface area (Å²) in [6, 6.07) is 18.3. The third-order valence-corrected chi connectivity index (χ3v) is 4.45. The Bertz CT molecular complexity index is 612. The van der Waals surface area contributed by atoms with Gasteiger partial charge < -0.3 is 4.90 Å². The quantitative estimate of drug-likeness (QED) is 0.767. The van der Waals surface area contributed by atoms with Crippen LogP contribution in [0.25, 0.3) is 11.1 Å². The summed E-state index contributed by atoms with van der Waals surface area (Å²) in [6.45, 7) is 5.22. The number of benzene rings is 2. The zero-order chi connectivity index (χ0) is 15.4. The van der Waals surface area contributed by atoms with E-state index < -0.39 is 0 Å². The van der Waals surface area contributed by atoms with E-state index >= 15 is 0 Å². The van der Waals surface area contributed by atoms with Crippen molar-refractivity contribution in [2.45, 2.75) is 19.8 Å². The van der Waals surface area contributed by atoms with E-state index in [-0.39, 0.29) is 11.7 Å². The van der Waals surface area contributed by atoms with Crippen LogP contribution in [-0.4, -0.2) is 30.3 Å². The summed E-state index contributed by atoms with van der Waals surface area (Å²) in [5.74, 6) is 0.326. The lowest BCUT2D eigenvalue weighted by atomic mass is 9.96. The van der Waals surface area contributed by atoms with Crippen LogP contribution in [0.5, 0.6) is 0 Å². The lowest BCUT2D eigenvalue weighted by molar-refractivity contribution is 0.0903. The Kier molecular flexibility index (Phi) is 4.69. The second kappa shape index (κ2) is 6.89. The molecule has 1 atom stereocenters. The van der Waals surface area contributed by atoms with Gasteiger partial charge in [0.25, 0.3) is 0 Å². The van der Waals surface area contributed by atoms with E-state index in [4.69, 9.17) is 0 Å². The van der Waals surface area contributed by atoms with Crippen molar-refractivity contribution in [2.75, 3.05) is 19.6 Å². The first-order valence-electron chi connectivity index (χ1n) is 8.16. The SMILES string of the molecule is CC(CN1CCCC1)C(=O)c1ccc(-c2ccccc2)cc1. The van der Waals surface area contributed by atoms with Crippen LogP contribution in [0, 0.1) is 5.92 Å². The fraction of sp³-hybridized carbons (Fsp3) is 0.350. The van der Waals surface area contributed by atoms with Crippen molar-refractivity contribution in [3.8, 4) is 11.1 Å². The monoisotopic (exact) mass is 293 g/mol. The van der Waals surface area contributed by atoms with Crippen molar-refractivity contribution in [3.05, 3.63) is 60.2 Å². The fourth-order valence-corrected chi connectivity index (χ4v) is 3.18. The first kappa shape index (κ1) is 15.0. The minimum Gasteiger partial charge on any atom is -0.303 e. The van der Waals surface area contributed by atoms with Crippen LogP contribution < -0.4 is 0 Å². The van der Waals surface area contributed by atoms with Gasteiger partial charge in [0, 0.05) is 18.0 Å². The highest BCUT2D eigenvalue weighted by Crippen LogP contribution is 2.21. The number of likely N-dealkylation sites (tertiary alicyclic amines) is 1. The Morgan fingerprint density at radius 2 is 1.55 bits per heavy atom. The average molecular weight is 293 g/mol. The van der Waals surface area contributed by atoms with E-state index in [1.807, 2.05) is 49.4 Å². The number of Topliss-reactive ketones (excluding diaryl/α,β-unsaturated/α-hetero) is 1. The molecule has 0 amide bonds. The van der Waals surface area contributed by atoms with Gasteiger partial charge in [-0.3, -0.25) is 4.79 Å². The topological polar surface area (TPSA) is 20.3 Å². The lowest BCUT2D eigenvalue weighted by Gasteiger charge is -2.19. The fourth-order valence-electron chi connectivity index (χ4n) is 3.18. The van der Waals surface area contributed by atoms with Crippen LogP contribution in [0.2, 0.25) is 0 Å². The third kappa shape index (κ3) is 3.45. The summed E-state index contributed by atoms with van der Waals surface area (Å²) in [5, 5.41) is 0. The van der Waals surface area contributed by atoms with Gasteiger partial charge in [-0.1, -0.05) is 61.5 Å². The van der Waals surface area contributed by atoms with Crippen LogP contribution in [0.3, 0.4) is 0 Å². The number of rotatable bonds is 5. The van der Waals surface area contributed by atoms with E-state index in [2.05, 4.69) is 17.0 Å². The maximum absolute atomic E-state index is 12.6. The normalized spacial score (nSPS) is 16.6. The standard InChI is InChI=1S/C20H23NO/c1-16(15-21-13-5-6-14-21)20(22)19-11-9-18(10-12-19)17-7-3-2-4-8-17/h2-4,7-12,16H,5-6,13-15H2,1H3. The van der Waals surface area contributed by atoms with E-state index in [0.29, 0.717) is 0 Å². The molecule has 1 saturated heterocycles. The molecule has 0 radical (unpaired) electrons. The summed E-state index contributed by atoms with van der Waals surface area (Å²) in [5.41, 5.74) is 3.17. The van der Waals surface area contributed by atoms with Crippen LogP contribution in [-0.2, 0) is 0 Å². The molecule has 2 aromatic carbocycles. The molecule has 0 saturated carbocycles. The molecule has 2 aromatic rings. The average Bonchev–Trinajstić information content (AvgIpc) is 3.08. The maximum atomic E-state index is 12.6. The van der Waals surface area contributed by atoms with Gasteiger partial charge in [0.1, 0.15) is 0 Å². The number of ketones is 1. The van der Waals surface area contributed by atoms with Crippen molar-refractivity contribution in [3.63, 3.8) is 0 Å². The van der Waals surface area contributed by atoms with Crippen LogP contribution >= 0.6 is 0 Å². The number of nitrogens with zero attached hydrogens (tertiary/aromatic N) is 1. The van der Waals surface area contributed by atoms with Gasteiger partial charge in [-0.05, 0) is 37.1 Å². The van der Waals surface area contributed by atoms with Gasteiger partial charge in [0.05, 0.1) is 0 Å². The predicted molar refractivity (Wildman–Crippen MR) is 91.0 cm³/mol. The zero-order valence-electron chi connectivity index (χ0n) is 13.2. The van der Waals surface area contributed by atoms with Crippen molar-refractivity contribution >= 4 is 5.78 Å². The Morgan fingerprint density at radius 1 is 0.955 bits per heavy atom. The Morgan fingerprint density at radius 3 is 2.18 bits per heavy atom. The molecule has 0 bridgehead atoms. The molecule has 0 spiro atoms. The van der Waals surface area contributed by atoms with Crippen LogP contribution in [0.1, 0.15) is 30.1 Å². The van der Waals surface area contributed by atoms with E-state index in [9.17, 15) is 4.79 Å². The minimum atomic E-state index is 0.0701. The summed E-state index contributed by atoms with van der Waals surface area (Å²) in [4.78, 5) is 15.0. The molecular weight excluding hydrogens is 270 g/mol. The molecule has 2 heteroatoms. The second-order valence-electron chi connectivity index (χ2n) is 6.22. The summed E-state index contributed by atoms with van der Waals surface area (Å²) >= 11 is 0. The molecule has 0 N–H and O–H groups in total. The molecule has 1 unspecified atom stereocenters. The van der Waals surface area contributed by atoms with Gasteiger partial charge >= 0.3 is 0 Å². The molecule has 0 aromatic heterocycles. The van der Waals surface area contributed by atoms with Crippen LogP contribution in [0.15, 0.2) is 54.6 Å². The largest absolute Gasteiger partial charge is 0.303 e. The Hall–Kier alpha value is -1.93. The predicted octanol–water partition coefficient (Wildman–Crippen LogP) is 4.27. The molecule has 22 heavy (non-hydrogen) atoms. The van der Waals surface area contributed by atoms with Gasteiger partial charge in [0.15, 0.2) is 5.78 Å². The molecule has 1 heterocycles. The molecule has 0 aliphatic carbocycles. The highest BCUT2D eigenvalue weighted by molar-refractivity contribution is 5.98. The smallest absolute Gasteiger partial charge is 0.166 e. The number of hydrogen-bond donors (Lipinski definition) is 0. The van der Waals surface area contributed by atoms with Crippen LogP contribution in [0.4, 0.5) is 0 Å². The van der Waals surface area contributed by atoms with E-state index in [1.54, 1.807) is 0 Å². The number of carbonyl (C=O) groups excluding carboxylic acids is 1. The number of hydrogen-bond acceptors (Lipinski definition) is 2. The van der Waals surface area contributed by atoms with Crippen molar-refractivity contribution in [2.24, 2.45) is 5.92 Å². The lowest BCUT2D eigenvalue weighted by Crippen LogP contribution is -2.29. The summed E-state index contributed by atoms with van der Waals surface area (Å²) in [7, 11) is 0. The van der Waals surface area contributed by atoms with Gasteiger partial charge in [-0.2, -0.15) is 0 Å². The van der Waals surface area contributed by atoms with Gasteiger partial charge in [0.2, 0.25) is 0 Å². The molecule has 2 nitrogen and oxygen atoms in total. The first-order chi connectivity index (χ1) is 10.7. The summed E-state index contributed by atoms with van der Waals surface area (Å²) < 4.78 is 0. The van der Waals surface area contributed by atoms with Gasteiger partial charge in [-0.15, -0.1) is 0 Å². The summed E-state index contributed by atoms with van der Waals surface area (Å²) in [6.07, 6.45) is 2.54. The highest BCUT2D eigenvalue weighted by atomic mass is 16.1. The van der Waals surface area contributed by atoms with E-state index in [0.717, 1.165) is 30.8 Å². The maximum Gasteiger partial charge on any atom is 0.166 e. The third-order valence-electron chi connectivity index (χ3n) is 4.45. The molecule has 1 fully saturated rings. The molecule has 1 aliphatic rings. The van der Waals surface area contributed by atoms with Crippen molar-refractivity contribution < 1.29 is 4.79 Å². The number of carbonyl (C=O) groups is 1. The molecule has 3 rings (SSSR count). The van der Waals surface area contributed by atoms with E-state index in [1.165, 1.54) is 18.4 Å². The zero-order valence-corrected chi connectivity index (χ0v) is 13.2.